The molecule has 0 aromatic heterocycles. The zero-order chi connectivity index (χ0) is 13.4. The first-order valence-electron chi connectivity index (χ1n) is 6.36. The summed E-state index contributed by atoms with van der Waals surface area (Å²) in [6, 6.07) is 7.24. The summed E-state index contributed by atoms with van der Waals surface area (Å²) >= 11 is 0. The third-order valence-electron chi connectivity index (χ3n) is 2.73. The Bertz CT molecular complexity index is 368. The van der Waals surface area contributed by atoms with Crippen molar-refractivity contribution in [1.29, 1.82) is 0 Å². The number of unbranched alkanes of at least 4 members (excludes halogenated alkanes) is 1. The van der Waals surface area contributed by atoms with Gasteiger partial charge in [-0.2, -0.15) is 0 Å². The van der Waals surface area contributed by atoms with Gasteiger partial charge in [-0.3, -0.25) is 4.79 Å². The molecule has 0 bridgehead atoms. The number of hydrogen-bond acceptors (Lipinski definition) is 3. The van der Waals surface area contributed by atoms with Crippen LogP contribution in [0.25, 0.3) is 0 Å². The van der Waals surface area contributed by atoms with E-state index in [0.29, 0.717) is 6.42 Å². The summed E-state index contributed by atoms with van der Waals surface area (Å²) in [5.74, 6) is 0.721. The lowest BCUT2D eigenvalue weighted by molar-refractivity contribution is -0.121. The number of nitrogens with two attached hydrogens (primary N) is 1. The van der Waals surface area contributed by atoms with Gasteiger partial charge < -0.3 is 15.8 Å². The molecule has 0 radical (unpaired) electrons. The van der Waals surface area contributed by atoms with Gasteiger partial charge >= 0.3 is 0 Å². The van der Waals surface area contributed by atoms with Crippen molar-refractivity contribution in [2.75, 3.05) is 13.7 Å². The van der Waals surface area contributed by atoms with E-state index in [1.807, 2.05) is 24.3 Å². The van der Waals surface area contributed by atoms with Crippen molar-refractivity contribution in [1.82, 2.24) is 5.32 Å². The molecular formula is C14H23ClN2O2. The molecule has 0 saturated carbocycles. The molecule has 0 aliphatic heterocycles. The van der Waals surface area contributed by atoms with E-state index in [1.165, 1.54) is 0 Å². The minimum Gasteiger partial charge on any atom is -0.494 e. The number of halogens is 1. The average molecular weight is 287 g/mol. The van der Waals surface area contributed by atoms with Crippen LogP contribution in [0, 0.1) is 0 Å². The fraction of sp³-hybridized carbons (Fsp3) is 0.500. The lowest BCUT2D eigenvalue weighted by Crippen LogP contribution is -2.40. The van der Waals surface area contributed by atoms with Gasteiger partial charge in [0.15, 0.2) is 0 Å². The zero-order valence-corrected chi connectivity index (χ0v) is 12.3. The molecule has 1 unspecified atom stereocenters. The van der Waals surface area contributed by atoms with Gasteiger partial charge in [0.2, 0.25) is 5.91 Å². The van der Waals surface area contributed by atoms with E-state index < -0.39 is 6.04 Å². The van der Waals surface area contributed by atoms with E-state index in [9.17, 15) is 4.79 Å². The Labute approximate surface area is 121 Å². The van der Waals surface area contributed by atoms with Crippen molar-refractivity contribution in [2.24, 2.45) is 5.73 Å². The number of ether oxygens (including phenoxy) is 1. The fourth-order valence-corrected chi connectivity index (χ4v) is 1.59. The third kappa shape index (κ3) is 6.45. The molecular weight excluding hydrogens is 264 g/mol. The third-order valence-corrected chi connectivity index (χ3v) is 2.73. The van der Waals surface area contributed by atoms with Crippen LogP contribution in [0.5, 0.6) is 5.75 Å². The molecule has 1 amide bonds. The maximum Gasteiger partial charge on any atom is 0.237 e. The van der Waals surface area contributed by atoms with Gasteiger partial charge in [0, 0.05) is 7.05 Å². The highest BCUT2D eigenvalue weighted by Crippen LogP contribution is 2.13. The largest absolute Gasteiger partial charge is 0.494 e. The first-order valence-corrected chi connectivity index (χ1v) is 6.36. The maximum absolute atomic E-state index is 11.3. The van der Waals surface area contributed by atoms with Crippen LogP contribution in [0.2, 0.25) is 0 Å². The standard InChI is InChI=1S/C14H22N2O2.ClH/c1-3-4-9-18-12-7-5-11(6-8-12)10-13(15)14(17)16-2;/h5-8,13H,3-4,9-10,15H2,1-2H3,(H,16,17);1H. The van der Waals surface area contributed by atoms with Gasteiger partial charge in [0.1, 0.15) is 5.75 Å². The lowest BCUT2D eigenvalue weighted by atomic mass is 10.1. The molecule has 0 spiro atoms. The highest BCUT2D eigenvalue weighted by molar-refractivity contribution is 5.85. The Morgan fingerprint density at radius 3 is 2.53 bits per heavy atom. The monoisotopic (exact) mass is 286 g/mol. The normalized spacial score (nSPS) is 11.3. The zero-order valence-electron chi connectivity index (χ0n) is 11.5. The van der Waals surface area contributed by atoms with Crippen LogP contribution in [-0.2, 0) is 11.2 Å². The Morgan fingerprint density at radius 2 is 2.00 bits per heavy atom. The van der Waals surface area contributed by atoms with Crippen molar-refractivity contribution >= 4 is 18.3 Å². The quantitative estimate of drug-likeness (QED) is 0.753. The second-order valence-corrected chi connectivity index (χ2v) is 4.27. The first kappa shape index (κ1) is 17.7. The van der Waals surface area contributed by atoms with Crippen LogP contribution in [0.3, 0.4) is 0 Å². The highest BCUT2D eigenvalue weighted by atomic mass is 35.5. The number of benzene rings is 1. The average Bonchev–Trinajstić information content (AvgIpc) is 2.40. The molecule has 3 N–H and O–H groups in total. The summed E-state index contributed by atoms with van der Waals surface area (Å²) in [6.45, 7) is 2.88. The molecule has 5 heteroatoms. The van der Waals surface area contributed by atoms with Crippen molar-refractivity contribution in [3.63, 3.8) is 0 Å². The fourth-order valence-electron chi connectivity index (χ4n) is 1.59. The number of hydrogen-bond donors (Lipinski definition) is 2. The molecule has 19 heavy (non-hydrogen) atoms. The van der Waals surface area contributed by atoms with Gasteiger partial charge in [0.05, 0.1) is 12.6 Å². The summed E-state index contributed by atoms with van der Waals surface area (Å²) in [6.07, 6.45) is 2.72. The highest BCUT2D eigenvalue weighted by Gasteiger charge is 2.11. The molecule has 108 valence electrons. The van der Waals surface area contributed by atoms with Crippen molar-refractivity contribution in [3.8, 4) is 5.75 Å². The number of likely N-dealkylation sites (N-methyl/N-ethyl adjacent to an activating group) is 1. The summed E-state index contributed by atoms with van der Waals surface area (Å²) in [5, 5.41) is 2.54. The van der Waals surface area contributed by atoms with E-state index >= 15 is 0 Å². The second kappa shape index (κ2) is 9.64. The molecule has 4 nitrogen and oxygen atoms in total. The Morgan fingerprint density at radius 1 is 1.37 bits per heavy atom. The summed E-state index contributed by atoms with van der Waals surface area (Å²) in [4.78, 5) is 11.3. The van der Waals surface area contributed by atoms with Crippen molar-refractivity contribution in [2.45, 2.75) is 32.2 Å². The molecule has 0 aliphatic rings. The lowest BCUT2D eigenvalue weighted by Gasteiger charge is -2.10. The predicted octanol–water partition coefficient (Wildman–Crippen LogP) is 1.90. The van der Waals surface area contributed by atoms with Crippen LogP contribution >= 0.6 is 12.4 Å². The SMILES string of the molecule is CCCCOc1ccc(CC(N)C(=O)NC)cc1.Cl. The maximum atomic E-state index is 11.3. The van der Waals surface area contributed by atoms with Crippen LogP contribution in [0.1, 0.15) is 25.3 Å². The van der Waals surface area contributed by atoms with Gasteiger partial charge in [-0.15, -0.1) is 12.4 Å². The van der Waals surface area contributed by atoms with Gasteiger partial charge in [-0.05, 0) is 30.5 Å². The number of carbonyl (C=O) groups is 1. The molecule has 0 aliphatic carbocycles. The van der Waals surface area contributed by atoms with Gasteiger partial charge in [-0.25, -0.2) is 0 Å². The minimum absolute atomic E-state index is 0. The molecule has 1 atom stereocenters. The summed E-state index contributed by atoms with van der Waals surface area (Å²) in [5.41, 5.74) is 6.79. The number of rotatable bonds is 7. The summed E-state index contributed by atoms with van der Waals surface area (Å²) in [7, 11) is 1.59. The predicted molar refractivity (Wildman–Crippen MR) is 79.8 cm³/mol. The topological polar surface area (TPSA) is 64.3 Å². The smallest absolute Gasteiger partial charge is 0.237 e. The first-order chi connectivity index (χ1) is 8.67. The molecule has 1 aromatic rings. The minimum atomic E-state index is -0.498. The van der Waals surface area contributed by atoms with Gasteiger partial charge in [0.25, 0.3) is 0 Å². The Balaban J connectivity index is 0.00000324. The van der Waals surface area contributed by atoms with E-state index in [-0.39, 0.29) is 18.3 Å². The van der Waals surface area contributed by atoms with Crippen LogP contribution in [0.4, 0.5) is 0 Å². The van der Waals surface area contributed by atoms with E-state index in [4.69, 9.17) is 10.5 Å². The molecule has 0 heterocycles. The van der Waals surface area contributed by atoms with E-state index in [0.717, 1.165) is 30.8 Å². The van der Waals surface area contributed by atoms with Crippen LogP contribution in [0.15, 0.2) is 24.3 Å². The van der Waals surface area contributed by atoms with E-state index in [2.05, 4.69) is 12.2 Å². The molecule has 0 fully saturated rings. The second-order valence-electron chi connectivity index (χ2n) is 4.27. The van der Waals surface area contributed by atoms with Crippen molar-refractivity contribution in [3.05, 3.63) is 29.8 Å². The van der Waals surface area contributed by atoms with Gasteiger partial charge in [-0.1, -0.05) is 25.5 Å². The molecule has 0 saturated heterocycles. The molecule has 1 rings (SSSR count). The summed E-state index contributed by atoms with van der Waals surface area (Å²) < 4.78 is 5.56. The Hall–Kier alpha value is -1.26. The number of amides is 1. The number of carbonyl (C=O) groups excluding carboxylic acids is 1. The van der Waals surface area contributed by atoms with E-state index in [1.54, 1.807) is 7.05 Å². The van der Waals surface area contributed by atoms with Crippen LogP contribution < -0.4 is 15.8 Å². The Kier molecular flexibility index (Phi) is 9.00. The van der Waals surface area contributed by atoms with Crippen molar-refractivity contribution < 1.29 is 9.53 Å². The number of nitrogens with one attached hydrogen (secondary N) is 1. The molecule has 1 aromatic carbocycles. The van der Waals surface area contributed by atoms with Crippen LogP contribution in [-0.4, -0.2) is 25.6 Å².